The van der Waals surface area contributed by atoms with Crippen molar-refractivity contribution >= 4 is 0 Å². The lowest BCUT2D eigenvalue weighted by molar-refractivity contribution is 0.374. The minimum Gasteiger partial charge on any atom is -0.494 e. The van der Waals surface area contributed by atoms with E-state index in [1.165, 1.54) is 23.8 Å². The molecular formula is C17H16FN3O3. The zero-order chi connectivity index (χ0) is 17.3. The highest BCUT2D eigenvalue weighted by molar-refractivity contribution is 5.61. The van der Waals surface area contributed by atoms with Crippen LogP contribution in [-0.4, -0.2) is 21.8 Å². The lowest BCUT2D eigenvalue weighted by Gasteiger charge is -2.06. The molecular weight excluding hydrogens is 313 g/mol. The summed E-state index contributed by atoms with van der Waals surface area (Å²) in [6, 6.07) is 7.61. The van der Waals surface area contributed by atoms with Crippen LogP contribution >= 0.6 is 0 Å². The van der Waals surface area contributed by atoms with Crippen LogP contribution in [0, 0.1) is 19.7 Å². The van der Waals surface area contributed by atoms with Crippen molar-refractivity contribution in [2.45, 2.75) is 20.4 Å². The van der Waals surface area contributed by atoms with Crippen molar-refractivity contribution in [1.29, 1.82) is 0 Å². The fourth-order valence-electron chi connectivity index (χ4n) is 2.45. The first-order valence-electron chi connectivity index (χ1n) is 7.32. The van der Waals surface area contributed by atoms with Gasteiger partial charge >= 0.3 is 0 Å². The van der Waals surface area contributed by atoms with E-state index >= 15 is 0 Å². The predicted octanol–water partition coefficient (Wildman–Crippen LogP) is 2.71. The van der Waals surface area contributed by atoms with Gasteiger partial charge in [0.05, 0.1) is 13.7 Å². The van der Waals surface area contributed by atoms with Gasteiger partial charge in [0, 0.05) is 23.4 Å². The molecule has 1 aromatic carbocycles. The first-order chi connectivity index (χ1) is 11.5. The van der Waals surface area contributed by atoms with Crippen molar-refractivity contribution in [3.8, 4) is 17.0 Å². The zero-order valence-corrected chi connectivity index (χ0v) is 13.5. The van der Waals surface area contributed by atoms with Gasteiger partial charge in [-0.2, -0.15) is 0 Å². The van der Waals surface area contributed by atoms with Crippen LogP contribution in [0.25, 0.3) is 11.3 Å². The van der Waals surface area contributed by atoms with Crippen LogP contribution in [0.4, 0.5) is 4.39 Å². The van der Waals surface area contributed by atoms with Crippen molar-refractivity contribution in [2.75, 3.05) is 7.11 Å². The van der Waals surface area contributed by atoms with Crippen molar-refractivity contribution in [1.82, 2.24) is 14.7 Å². The number of nitrogens with zero attached hydrogens (tertiary/aromatic N) is 3. The average molecular weight is 329 g/mol. The molecule has 124 valence electrons. The molecule has 0 spiro atoms. The number of ether oxygens (including phenoxy) is 1. The van der Waals surface area contributed by atoms with Gasteiger partial charge in [-0.25, -0.2) is 9.37 Å². The predicted molar refractivity (Wildman–Crippen MR) is 85.5 cm³/mol. The normalized spacial score (nSPS) is 10.8. The van der Waals surface area contributed by atoms with E-state index in [9.17, 15) is 9.18 Å². The molecule has 0 atom stereocenters. The molecule has 0 bridgehead atoms. The molecule has 6 nitrogen and oxygen atoms in total. The number of hydrogen-bond acceptors (Lipinski definition) is 5. The quantitative estimate of drug-likeness (QED) is 0.736. The van der Waals surface area contributed by atoms with E-state index in [4.69, 9.17) is 9.26 Å². The smallest absolute Gasteiger partial charge is 0.254 e. The minimum atomic E-state index is -0.446. The lowest BCUT2D eigenvalue weighted by atomic mass is 10.1. The van der Waals surface area contributed by atoms with Gasteiger partial charge in [0.1, 0.15) is 11.5 Å². The Morgan fingerprint density at radius 1 is 1.25 bits per heavy atom. The molecule has 0 saturated heterocycles. The van der Waals surface area contributed by atoms with Crippen LogP contribution in [0.5, 0.6) is 5.75 Å². The number of benzene rings is 1. The molecule has 0 saturated carbocycles. The van der Waals surface area contributed by atoms with Gasteiger partial charge in [-0.15, -0.1) is 0 Å². The standard InChI is InChI=1S/C17H16FN3O3/c1-10-6-17(22)21(11(2)19-10)9-13-8-15(20-24-13)12-4-5-14(18)16(7-12)23-3/h4-8H,9H2,1-3H3. The molecule has 0 N–H and O–H groups in total. The number of methoxy groups -OCH3 is 1. The molecule has 0 amide bonds. The van der Waals surface area contributed by atoms with Crippen LogP contribution in [0.1, 0.15) is 17.3 Å². The molecule has 2 heterocycles. The van der Waals surface area contributed by atoms with Crippen molar-refractivity contribution in [3.05, 3.63) is 63.8 Å². The highest BCUT2D eigenvalue weighted by Gasteiger charge is 2.12. The Bertz CT molecular complexity index is 946. The fraction of sp³-hybridized carbons (Fsp3) is 0.235. The molecule has 0 fully saturated rings. The van der Waals surface area contributed by atoms with E-state index < -0.39 is 5.82 Å². The number of aryl methyl sites for hydroxylation is 2. The second kappa shape index (κ2) is 6.27. The molecule has 0 unspecified atom stereocenters. The third-order valence-corrected chi connectivity index (χ3v) is 3.65. The SMILES string of the molecule is COc1cc(-c2cc(Cn3c(C)nc(C)cc3=O)on2)ccc1F. The molecule has 0 aliphatic carbocycles. The first kappa shape index (κ1) is 15.9. The Labute approximate surface area is 137 Å². The van der Waals surface area contributed by atoms with Crippen molar-refractivity contribution in [3.63, 3.8) is 0 Å². The van der Waals surface area contributed by atoms with Crippen LogP contribution in [-0.2, 0) is 6.54 Å². The van der Waals surface area contributed by atoms with E-state index in [0.717, 1.165) is 0 Å². The van der Waals surface area contributed by atoms with Crippen molar-refractivity contribution < 1.29 is 13.7 Å². The van der Waals surface area contributed by atoms with E-state index in [0.29, 0.717) is 28.5 Å². The highest BCUT2D eigenvalue weighted by atomic mass is 19.1. The fourth-order valence-corrected chi connectivity index (χ4v) is 2.45. The van der Waals surface area contributed by atoms with E-state index in [-0.39, 0.29) is 17.9 Å². The van der Waals surface area contributed by atoms with Gasteiger partial charge in [-0.1, -0.05) is 5.16 Å². The molecule has 0 radical (unpaired) electrons. The minimum absolute atomic E-state index is 0.131. The summed E-state index contributed by atoms with van der Waals surface area (Å²) >= 11 is 0. The maximum absolute atomic E-state index is 13.5. The number of aromatic nitrogens is 3. The van der Waals surface area contributed by atoms with Crippen LogP contribution in [0.15, 0.2) is 39.6 Å². The number of hydrogen-bond donors (Lipinski definition) is 0. The van der Waals surface area contributed by atoms with Gasteiger partial charge in [0.2, 0.25) is 0 Å². The summed E-state index contributed by atoms with van der Waals surface area (Å²) < 4.78 is 25.2. The monoisotopic (exact) mass is 329 g/mol. The third kappa shape index (κ3) is 3.05. The van der Waals surface area contributed by atoms with E-state index in [1.807, 2.05) is 0 Å². The summed E-state index contributed by atoms with van der Waals surface area (Å²) in [6.07, 6.45) is 0. The lowest BCUT2D eigenvalue weighted by Crippen LogP contribution is -2.23. The largest absolute Gasteiger partial charge is 0.494 e. The second-order valence-corrected chi connectivity index (χ2v) is 5.40. The molecule has 3 aromatic rings. The average Bonchev–Trinajstić information content (AvgIpc) is 3.00. The zero-order valence-electron chi connectivity index (χ0n) is 13.5. The Morgan fingerprint density at radius 3 is 2.75 bits per heavy atom. The van der Waals surface area contributed by atoms with Crippen LogP contribution < -0.4 is 10.3 Å². The van der Waals surface area contributed by atoms with Gasteiger partial charge in [0.25, 0.3) is 5.56 Å². The maximum atomic E-state index is 13.5. The van der Waals surface area contributed by atoms with Crippen molar-refractivity contribution in [2.24, 2.45) is 0 Å². The summed E-state index contributed by atoms with van der Waals surface area (Å²) in [5.74, 6) is 0.787. The van der Waals surface area contributed by atoms with E-state index in [2.05, 4.69) is 10.1 Å². The third-order valence-electron chi connectivity index (χ3n) is 3.65. The van der Waals surface area contributed by atoms with Gasteiger partial charge < -0.3 is 9.26 Å². The number of rotatable bonds is 4. The second-order valence-electron chi connectivity index (χ2n) is 5.40. The summed E-state index contributed by atoms with van der Waals surface area (Å²) in [6.45, 7) is 3.76. The Kier molecular flexibility index (Phi) is 4.16. The Hall–Kier alpha value is -2.96. The highest BCUT2D eigenvalue weighted by Crippen LogP contribution is 2.26. The molecule has 2 aromatic heterocycles. The number of halogens is 1. The molecule has 7 heteroatoms. The van der Waals surface area contributed by atoms with Gasteiger partial charge in [0.15, 0.2) is 17.3 Å². The molecule has 0 aliphatic heterocycles. The summed E-state index contributed by atoms with van der Waals surface area (Å²) in [5, 5.41) is 3.98. The Morgan fingerprint density at radius 2 is 2.04 bits per heavy atom. The van der Waals surface area contributed by atoms with Crippen LogP contribution in [0.3, 0.4) is 0 Å². The first-order valence-corrected chi connectivity index (χ1v) is 7.32. The molecule has 24 heavy (non-hydrogen) atoms. The topological polar surface area (TPSA) is 70.2 Å². The van der Waals surface area contributed by atoms with E-state index in [1.54, 1.807) is 32.0 Å². The molecule has 0 aliphatic rings. The summed E-state index contributed by atoms with van der Waals surface area (Å²) in [7, 11) is 1.40. The summed E-state index contributed by atoms with van der Waals surface area (Å²) in [4.78, 5) is 16.3. The maximum Gasteiger partial charge on any atom is 0.254 e. The van der Waals surface area contributed by atoms with Gasteiger partial charge in [-0.05, 0) is 32.0 Å². The van der Waals surface area contributed by atoms with Crippen LogP contribution in [0.2, 0.25) is 0 Å². The summed E-state index contributed by atoms with van der Waals surface area (Å²) in [5.41, 5.74) is 1.72. The molecule has 3 rings (SSSR count). The Balaban J connectivity index is 1.91. The van der Waals surface area contributed by atoms with Gasteiger partial charge in [-0.3, -0.25) is 9.36 Å².